The number of hydrogen-bond acceptors (Lipinski definition) is 5. The Hall–Kier alpha value is -2.53. The lowest BCUT2D eigenvalue weighted by molar-refractivity contribution is -0.140. The molecule has 0 aliphatic carbocycles. The van der Waals surface area contributed by atoms with E-state index in [1.807, 2.05) is 12.1 Å². The van der Waals surface area contributed by atoms with Crippen LogP contribution in [0.1, 0.15) is 24.0 Å². The van der Waals surface area contributed by atoms with Gasteiger partial charge in [-0.15, -0.1) is 0 Å². The van der Waals surface area contributed by atoms with Crippen molar-refractivity contribution in [3.8, 4) is 16.9 Å². The number of anilines is 1. The highest BCUT2D eigenvalue weighted by molar-refractivity contribution is 5.76. The largest absolute Gasteiger partial charge is 0.497 e. The minimum absolute atomic E-state index is 0.192. The second kappa shape index (κ2) is 8.23. The van der Waals surface area contributed by atoms with Crippen LogP contribution in [0.2, 0.25) is 0 Å². The lowest BCUT2D eigenvalue weighted by atomic mass is 9.95. The van der Waals surface area contributed by atoms with E-state index >= 15 is 0 Å². The minimum Gasteiger partial charge on any atom is -0.497 e. The zero-order valence-electron chi connectivity index (χ0n) is 16.7. The van der Waals surface area contributed by atoms with Gasteiger partial charge in [0.1, 0.15) is 5.75 Å². The van der Waals surface area contributed by atoms with E-state index in [0.29, 0.717) is 18.9 Å². The second-order valence-electron chi connectivity index (χ2n) is 7.53. The molecule has 0 saturated carbocycles. The summed E-state index contributed by atoms with van der Waals surface area (Å²) in [6, 6.07) is 13.5. The van der Waals surface area contributed by atoms with Crippen LogP contribution in [0.25, 0.3) is 11.1 Å². The predicted octanol–water partition coefficient (Wildman–Crippen LogP) is 3.19. The van der Waals surface area contributed by atoms with Crippen LogP contribution in [-0.2, 0) is 22.4 Å². The summed E-state index contributed by atoms with van der Waals surface area (Å²) >= 11 is 0. The molecule has 0 aromatic heterocycles. The molecule has 5 nitrogen and oxygen atoms in total. The SMILES string of the molecule is COC(=O)CCc1cc(OC)ccc1-c1ccc2c(c1)N1CCNCCC1C2. The van der Waals surface area contributed by atoms with Crippen molar-refractivity contribution in [1.82, 2.24) is 5.32 Å². The monoisotopic (exact) mass is 380 g/mol. The van der Waals surface area contributed by atoms with Gasteiger partial charge in [-0.1, -0.05) is 18.2 Å². The van der Waals surface area contributed by atoms with Gasteiger partial charge in [0.15, 0.2) is 0 Å². The molecule has 0 radical (unpaired) electrons. The number of hydrogen-bond donors (Lipinski definition) is 1. The number of ether oxygens (including phenoxy) is 2. The molecule has 1 fully saturated rings. The molecule has 1 atom stereocenters. The van der Waals surface area contributed by atoms with Gasteiger partial charge in [-0.2, -0.15) is 0 Å². The number of benzene rings is 2. The van der Waals surface area contributed by atoms with E-state index in [-0.39, 0.29) is 5.97 Å². The molecule has 2 aliphatic heterocycles. The maximum absolute atomic E-state index is 11.7. The van der Waals surface area contributed by atoms with Gasteiger partial charge in [-0.3, -0.25) is 4.79 Å². The zero-order valence-corrected chi connectivity index (χ0v) is 16.7. The first-order valence-electron chi connectivity index (χ1n) is 10.0. The molecular weight excluding hydrogens is 352 g/mol. The van der Waals surface area contributed by atoms with Crippen molar-refractivity contribution < 1.29 is 14.3 Å². The summed E-state index contributed by atoms with van der Waals surface area (Å²) in [6.07, 6.45) is 3.32. The minimum atomic E-state index is -0.192. The van der Waals surface area contributed by atoms with Crippen LogP contribution in [0, 0.1) is 0 Å². The number of nitrogens with one attached hydrogen (secondary N) is 1. The van der Waals surface area contributed by atoms with E-state index in [0.717, 1.165) is 42.9 Å². The Morgan fingerprint density at radius 1 is 1.18 bits per heavy atom. The van der Waals surface area contributed by atoms with E-state index in [1.54, 1.807) is 7.11 Å². The summed E-state index contributed by atoms with van der Waals surface area (Å²) in [7, 11) is 3.10. The first-order chi connectivity index (χ1) is 13.7. The molecule has 0 spiro atoms. The smallest absolute Gasteiger partial charge is 0.305 e. The molecule has 28 heavy (non-hydrogen) atoms. The van der Waals surface area contributed by atoms with Gasteiger partial charge in [-0.25, -0.2) is 0 Å². The van der Waals surface area contributed by atoms with Gasteiger partial charge in [0.2, 0.25) is 0 Å². The summed E-state index contributed by atoms with van der Waals surface area (Å²) in [5, 5.41) is 3.51. The normalized spacial score (nSPS) is 18.2. The number of methoxy groups -OCH3 is 2. The topological polar surface area (TPSA) is 50.8 Å². The fraction of sp³-hybridized carbons (Fsp3) is 0.435. The van der Waals surface area contributed by atoms with E-state index in [1.165, 1.54) is 30.3 Å². The number of nitrogens with zero attached hydrogens (tertiary/aromatic N) is 1. The van der Waals surface area contributed by atoms with Crippen LogP contribution in [0.3, 0.4) is 0 Å². The highest BCUT2D eigenvalue weighted by Crippen LogP contribution is 2.38. The third-order valence-electron chi connectivity index (χ3n) is 5.92. The molecule has 5 heteroatoms. The Labute approximate surface area is 166 Å². The highest BCUT2D eigenvalue weighted by Gasteiger charge is 2.30. The third-order valence-corrected chi connectivity index (χ3v) is 5.92. The van der Waals surface area contributed by atoms with Crippen LogP contribution in [0.15, 0.2) is 36.4 Å². The van der Waals surface area contributed by atoms with Crippen LogP contribution in [0.4, 0.5) is 5.69 Å². The molecule has 2 aromatic carbocycles. The number of aryl methyl sites for hydroxylation is 1. The lowest BCUT2D eigenvalue weighted by Crippen LogP contribution is -2.32. The standard InChI is InChI=1S/C23H28N2O3/c1-27-20-6-7-21(16(14-20)5-8-23(26)28-2)17-3-4-18-13-19-9-10-24-11-12-25(19)22(18)15-17/h3-4,6-7,14-15,19,24H,5,8-13H2,1-2H3. The quantitative estimate of drug-likeness (QED) is 0.808. The van der Waals surface area contributed by atoms with E-state index < -0.39 is 0 Å². The molecule has 1 unspecified atom stereocenters. The summed E-state index contributed by atoms with van der Waals surface area (Å²) in [4.78, 5) is 14.2. The fourth-order valence-corrected chi connectivity index (χ4v) is 4.41. The maximum atomic E-state index is 11.7. The van der Waals surface area contributed by atoms with Gasteiger partial charge < -0.3 is 19.7 Å². The molecule has 2 aliphatic rings. The first-order valence-corrected chi connectivity index (χ1v) is 10.0. The van der Waals surface area contributed by atoms with Crippen molar-refractivity contribution in [2.24, 2.45) is 0 Å². The van der Waals surface area contributed by atoms with Crippen LogP contribution in [0.5, 0.6) is 5.75 Å². The number of carbonyl (C=O) groups excluding carboxylic acids is 1. The number of carbonyl (C=O) groups is 1. The van der Waals surface area contributed by atoms with Crippen LogP contribution in [-0.4, -0.2) is 45.9 Å². The van der Waals surface area contributed by atoms with Crippen LogP contribution >= 0.6 is 0 Å². The molecule has 0 bridgehead atoms. The third kappa shape index (κ3) is 3.72. The summed E-state index contributed by atoms with van der Waals surface area (Å²) in [6.45, 7) is 3.18. The fourth-order valence-electron chi connectivity index (χ4n) is 4.41. The molecular formula is C23H28N2O3. The predicted molar refractivity (Wildman–Crippen MR) is 111 cm³/mol. The molecule has 2 heterocycles. The first kappa shape index (κ1) is 18.8. The highest BCUT2D eigenvalue weighted by atomic mass is 16.5. The van der Waals surface area contributed by atoms with E-state index in [9.17, 15) is 4.79 Å². The Bertz CT molecular complexity index is 865. The maximum Gasteiger partial charge on any atom is 0.305 e. The Morgan fingerprint density at radius 3 is 2.89 bits per heavy atom. The summed E-state index contributed by atoms with van der Waals surface area (Å²) < 4.78 is 10.2. The van der Waals surface area contributed by atoms with E-state index in [4.69, 9.17) is 9.47 Å². The number of esters is 1. The van der Waals surface area contributed by atoms with Crippen molar-refractivity contribution in [2.75, 3.05) is 38.8 Å². The van der Waals surface area contributed by atoms with Gasteiger partial charge >= 0.3 is 5.97 Å². The van der Waals surface area contributed by atoms with Crippen LogP contribution < -0.4 is 15.0 Å². The molecule has 2 aromatic rings. The molecule has 148 valence electrons. The molecule has 4 rings (SSSR count). The molecule has 0 amide bonds. The number of rotatable bonds is 5. The van der Waals surface area contributed by atoms with Gasteiger partial charge in [0, 0.05) is 31.2 Å². The van der Waals surface area contributed by atoms with Crippen molar-refractivity contribution >= 4 is 11.7 Å². The molecule has 1 saturated heterocycles. The Morgan fingerprint density at radius 2 is 2.07 bits per heavy atom. The van der Waals surface area contributed by atoms with Crippen molar-refractivity contribution in [2.45, 2.75) is 31.7 Å². The Balaban J connectivity index is 1.68. The lowest BCUT2D eigenvalue weighted by Gasteiger charge is -2.25. The van der Waals surface area contributed by atoms with E-state index in [2.05, 4.69) is 34.5 Å². The average molecular weight is 380 g/mol. The van der Waals surface area contributed by atoms with Gasteiger partial charge in [0.05, 0.1) is 14.2 Å². The zero-order chi connectivity index (χ0) is 19.5. The van der Waals surface area contributed by atoms with Crippen molar-refractivity contribution in [1.29, 1.82) is 0 Å². The Kier molecular flexibility index (Phi) is 5.53. The van der Waals surface area contributed by atoms with Gasteiger partial charge in [-0.05, 0) is 66.3 Å². The average Bonchev–Trinajstić information content (AvgIpc) is 2.91. The van der Waals surface area contributed by atoms with Gasteiger partial charge in [0.25, 0.3) is 0 Å². The molecule has 1 N–H and O–H groups in total. The summed E-state index contributed by atoms with van der Waals surface area (Å²) in [5.41, 5.74) is 6.26. The number of fused-ring (bicyclic) bond motifs is 3. The second-order valence-corrected chi connectivity index (χ2v) is 7.53. The summed E-state index contributed by atoms with van der Waals surface area (Å²) in [5.74, 6) is 0.617. The van der Waals surface area contributed by atoms with Crippen molar-refractivity contribution in [3.63, 3.8) is 0 Å². The van der Waals surface area contributed by atoms with Crippen molar-refractivity contribution in [3.05, 3.63) is 47.5 Å².